The van der Waals surface area contributed by atoms with Crippen LogP contribution in [0.15, 0.2) is 24.3 Å². The van der Waals surface area contributed by atoms with Crippen molar-refractivity contribution >= 4 is 5.57 Å². The number of rotatable bonds is 6. The van der Waals surface area contributed by atoms with Gasteiger partial charge >= 0.3 is 0 Å². The van der Waals surface area contributed by atoms with Crippen molar-refractivity contribution in [1.82, 2.24) is 0 Å². The molecule has 0 spiro atoms. The monoisotopic (exact) mass is 317 g/mol. The molecule has 0 aliphatic heterocycles. The van der Waals surface area contributed by atoms with Crippen molar-refractivity contribution in [1.29, 1.82) is 5.26 Å². The Balaban J connectivity index is 0.000000688. The quantitative estimate of drug-likeness (QED) is 0.582. The Hall–Kier alpha value is -1.62. The number of nitriles is 1. The van der Waals surface area contributed by atoms with E-state index in [0.717, 1.165) is 22.6 Å². The SMILES string of the molecule is C/C=C(\C)c1ccc(CC(C)CF)c(C#N)c1.CCCC(C)C. The lowest BCUT2D eigenvalue weighted by atomic mass is 9.94. The van der Waals surface area contributed by atoms with Gasteiger partial charge in [0.05, 0.1) is 18.3 Å². The average Bonchev–Trinajstić information content (AvgIpc) is 2.54. The first-order valence-corrected chi connectivity index (χ1v) is 8.61. The van der Waals surface area contributed by atoms with E-state index in [1.807, 2.05) is 45.0 Å². The highest BCUT2D eigenvalue weighted by Crippen LogP contribution is 2.20. The fourth-order valence-electron chi connectivity index (χ4n) is 2.28. The van der Waals surface area contributed by atoms with Gasteiger partial charge in [-0.1, -0.05) is 58.7 Å². The van der Waals surface area contributed by atoms with Crippen LogP contribution in [0.2, 0.25) is 0 Å². The van der Waals surface area contributed by atoms with Gasteiger partial charge < -0.3 is 0 Å². The molecule has 0 N–H and O–H groups in total. The minimum atomic E-state index is -0.347. The molecule has 0 saturated heterocycles. The Morgan fingerprint density at radius 1 is 1.30 bits per heavy atom. The molecular weight excluding hydrogens is 285 g/mol. The number of hydrogen-bond acceptors (Lipinski definition) is 1. The van der Waals surface area contributed by atoms with Crippen molar-refractivity contribution in [2.24, 2.45) is 11.8 Å². The Morgan fingerprint density at radius 3 is 2.35 bits per heavy atom. The van der Waals surface area contributed by atoms with Gasteiger partial charge in [-0.15, -0.1) is 0 Å². The van der Waals surface area contributed by atoms with E-state index in [9.17, 15) is 4.39 Å². The molecule has 1 nitrogen and oxygen atoms in total. The van der Waals surface area contributed by atoms with E-state index in [4.69, 9.17) is 5.26 Å². The molecule has 1 atom stereocenters. The van der Waals surface area contributed by atoms with E-state index in [1.165, 1.54) is 12.8 Å². The maximum atomic E-state index is 12.5. The molecule has 0 amide bonds. The largest absolute Gasteiger partial charge is 0.251 e. The molecule has 0 bridgehead atoms. The molecule has 1 aromatic rings. The molecule has 23 heavy (non-hydrogen) atoms. The van der Waals surface area contributed by atoms with Gasteiger partial charge in [-0.2, -0.15) is 5.26 Å². The third kappa shape index (κ3) is 8.55. The van der Waals surface area contributed by atoms with Gasteiger partial charge in [-0.3, -0.25) is 4.39 Å². The second kappa shape index (κ2) is 11.9. The number of alkyl halides is 1. The molecule has 0 aliphatic carbocycles. The number of halogens is 1. The molecule has 1 rings (SSSR count). The maximum absolute atomic E-state index is 12.5. The highest BCUT2D eigenvalue weighted by atomic mass is 19.1. The van der Waals surface area contributed by atoms with Crippen LogP contribution in [-0.4, -0.2) is 6.67 Å². The van der Waals surface area contributed by atoms with Crippen LogP contribution in [0, 0.1) is 23.2 Å². The first-order chi connectivity index (χ1) is 10.9. The summed E-state index contributed by atoms with van der Waals surface area (Å²) in [6, 6.07) is 8.01. The molecule has 1 aromatic carbocycles. The van der Waals surface area contributed by atoms with Crippen LogP contribution < -0.4 is 0 Å². The van der Waals surface area contributed by atoms with Crippen molar-refractivity contribution in [2.75, 3.05) is 6.67 Å². The van der Waals surface area contributed by atoms with Gasteiger partial charge in [0.25, 0.3) is 0 Å². The summed E-state index contributed by atoms with van der Waals surface area (Å²) in [6.45, 7) is 12.2. The summed E-state index contributed by atoms with van der Waals surface area (Å²) in [5.74, 6) is 0.866. The van der Waals surface area contributed by atoms with E-state index in [0.29, 0.717) is 12.0 Å². The van der Waals surface area contributed by atoms with Gasteiger partial charge in [-0.05, 0) is 54.9 Å². The van der Waals surface area contributed by atoms with Crippen molar-refractivity contribution in [3.8, 4) is 6.07 Å². The van der Waals surface area contributed by atoms with Gasteiger partial charge in [0.15, 0.2) is 0 Å². The zero-order valence-corrected chi connectivity index (χ0v) is 15.6. The smallest absolute Gasteiger partial charge is 0.0994 e. The fourth-order valence-corrected chi connectivity index (χ4v) is 2.28. The molecule has 0 fully saturated rings. The summed E-state index contributed by atoms with van der Waals surface area (Å²) in [5, 5.41) is 9.12. The van der Waals surface area contributed by atoms with Crippen molar-refractivity contribution in [3.05, 3.63) is 41.0 Å². The molecule has 2 heteroatoms. The van der Waals surface area contributed by atoms with E-state index in [-0.39, 0.29) is 12.6 Å². The van der Waals surface area contributed by atoms with Crippen LogP contribution in [-0.2, 0) is 6.42 Å². The van der Waals surface area contributed by atoms with E-state index >= 15 is 0 Å². The Bertz CT molecular complexity index is 523. The van der Waals surface area contributed by atoms with Crippen LogP contribution in [0.1, 0.15) is 71.1 Å². The van der Waals surface area contributed by atoms with Crippen LogP contribution in [0.5, 0.6) is 0 Å². The highest BCUT2D eigenvalue weighted by molar-refractivity contribution is 5.65. The second-order valence-corrected chi connectivity index (χ2v) is 6.60. The van der Waals surface area contributed by atoms with E-state index < -0.39 is 0 Å². The minimum Gasteiger partial charge on any atom is -0.251 e. The third-order valence-corrected chi connectivity index (χ3v) is 3.82. The third-order valence-electron chi connectivity index (χ3n) is 3.82. The van der Waals surface area contributed by atoms with Gasteiger partial charge in [0, 0.05) is 0 Å². The van der Waals surface area contributed by atoms with E-state index in [2.05, 4.69) is 26.8 Å². The summed E-state index contributed by atoms with van der Waals surface area (Å²) in [4.78, 5) is 0. The lowest BCUT2D eigenvalue weighted by Crippen LogP contribution is -2.03. The summed E-state index contributed by atoms with van der Waals surface area (Å²) in [6.07, 6.45) is 5.34. The summed E-state index contributed by atoms with van der Waals surface area (Å²) in [7, 11) is 0. The zero-order valence-electron chi connectivity index (χ0n) is 15.6. The standard InChI is InChI=1S/C15H18FN.C6H14/c1-4-12(3)13-5-6-14(7-11(2)9-16)15(8-13)10-17;1-4-5-6(2)3/h4-6,8,11H,7,9H2,1-3H3;6H,4-5H2,1-3H3/b12-4+;. The van der Waals surface area contributed by atoms with Gasteiger partial charge in [0.1, 0.15) is 0 Å². The molecule has 0 aliphatic rings. The molecule has 0 heterocycles. The van der Waals surface area contributed by atoms with Gasteiger partial charge in [0.2, 0.25) is 0 Å². The maximum Gasteiger partial charge on any atom is 0.0994 e. The number of nitrogens with zero attached hydrogens (tertiary/aromatic N) is 1. The number of benzene rings is 1. The number of allylic oxidation sites excluding steroid dienone is 2. The summed E-state index contributed by atoms with van der Waals surface area (Å²) in [5.41, 5.74) is 3.79. The predicted molar refractivity (Wildman–Crippen MR) is 99.1 cm³/mol. The first kappa shape index (κ1) is 21.4. The van der Waals surface area contributed by atoms with Crippen LogP contribution >= 0.6 is 0 Å². The van der Waals surface area contributed by atoms with Crippen LogP contribution in [0.25, 0.3) is 5.57 Å². The average molecular weight is 317 g/mol. The Morgan fingerprint density at radius 2 is 1.96 bits per heavy atom. The molecule has 128 valence electrons. The highest BCUT2D eigenvalue weighted by Gasteiger charge is 2.08. The van der Waals surface area contributed by atoms with Crippen molar-refractivity contribution in [2.45, 2.75) is 60.8 Å². The molecule has 0 radical (unpaired) electrons. The first-order valence-electron chi connectivity index (χ1n) is 8.61. The van der Waals surface area contributed by atoms with Crippen LogP contribution in [0.4, 0.5) is 4.39 Å². The topological polar surface area (TPSA) is 23.8 Å². The molecule has 0 saturated carbocycles. The normalized spacial score (nSPS) is 12.4. The molecular formula is C21H32FN. The zero-order chi connectivity index (χ0) is 17.8. The molecule has 0 aromatic heterocycles. The second-order valence-electron chi connectivity index (χ2n) is 6.60. The summed E-state index contributed by atoms with van der Waals surface area (Å²) >= 11 is 0. The van der Waals surface area contributed by atoms with E-state index in [1.54, 1.807) is 0 Å². The minimum absolute atomic E-state index is 0.0317. The Kier molecular flexibility index (Phi) is 11.0. The van der Waals surface area contributed by atoms with Crippen LogP contribution in [0.3, 0.4) is 0 Å². The lowest BCUT2D eigenvalue weighted by Gasteiger charge is -2.10. The summed E-state index contributed by atoms with van der Waals surface area (Å²) < 4.78 is 12.5. The van der Waals surface area contributed by atoms with Crippen molar-refractivity contribution in [3.63, 3.8) is 0 Å². The fraction of sp³-hybridized carbons (Fsp3) is 0.571. The predicted octanol–water partition coefficient (Wildman–Crippen LogP) is 6.57. The molecule has 1 unspecified atom stereocenters. The Labute approximate surface area is 142 Å². The lowest BCUT2D eigenvalue weighted by molar-refractivity contribution is 0.381. The van der Waals surface area contributed by atoms with Crippen molar-refractivity contribution < 1.29 is 4.39 Å². The number of hydrogen-bond donors (Lipinski definition) is 0. The van der Waals surface area contributed by atoms with Gasteiger partial charge in [-0.25, -0.2) is 0 Å².